The van der Waals surface area contributed by atoms with Crippen LogP contribution in [0.2, 0.25) is 0 Å². The summed E-state index contributed by atoms with van der Waals surface area (Å²) in [5.41, 5.74) is 6.14. The van der Waals surface area contributed by atoms with Crippen molar-refractivity contribution >= 4 is 17.3 Å². The van der Waals surface area contributed by atoms with E-state index in [1.54, 1.807) is 11.3 Å². The van der Waals surface area contributed by atoms with E-state index in [1.807, 2.05) is 7.05 Å². The number of thiophene rings is 1. The Hall–Kier alpha value is -1.03. The summed E-state index contributed by atoms with van der Waals surface area (Å²) >= 11 is 1.77. The average Bonchev–Trinajstić information content (AvgIpc) is 2.92. The van der Waals surface area contributed by atoms with Crippen molar-refractivity contribution in [2.24, 2.45) is 10.7 Å². The minimum Gasteiger partial charge on any atom is -0.370 e. The third kappa shape index (κ3) is 3.25. The van der Waals surface area contributed by atoms with Crippen LogP contribution in [-0.2, 0) is 0 Å². The number of nitrogens with zero attached hydrogens (tertiary/aromatic N) is 2. The van der Waals surface area contributed by atoms with Crippen LogP contribution in [0, 0.1) is 0 Å². The largest absolute Gasteiger partial charge is 0.370 e. The van der Waals surface area contributed by atoms with Gasteiger partial charge in [-0.2, -0.15) is 0 Å². The summed E-state index contributed by atoms with van der Waals surface area (Å²) in [5, 5.41) is 2.11. The minimum atomic E-state index is 0.303. The maximum atomic E-state index is 6.14. The van der Waals surface area contributed by atoms with E-state index in [2.05, 4.69) is 29.3 Å². The van der Waals surface area contributed by atoms with Gasteiger partial charge in [0.1, 0.15) is 0 Å². The molecule has 0 bridgehead atoms. The first-order valence-electron chi connectivity index (χ1n) is 6.78. The molecule has 2 N–H and O–H groups in total. The van der Waals surface area contributed by atoms with Gasteiger partial charge in [-0.05, 0) is 31.2 Å². The third-order valence-electron chi connectivity index (χ3n) is 3.79. The predicted molar refractivity (Wildman–Crippen MR) is 79.0 cm³/mol. The molecular weight excluding hydrogens is 242 g/mol. The topological polar surface area (TPSA) is 41.6 Å². The molecule has 1 aliphatic rings. The lowest BCUT2D eigenvalue weighted by Gasteiger charge is -2.27. The van der Waals surface area contributed by atoms with E-state index in [-0.39, 0.29) is 0 Å². The maximum Gasteiger partial charge on any atom is 0.191 e. The van der Waals surface area contributed by atoms with Crippen molar-refractivity contribution in [3.8, 4) is 0 Å². The maximum absolute atomic E-state index is 6.14. The van der Waals surface area contributed by atoms with E-state index in [9.17, 15) is 0 Å². The van der Waals surface area contributed by atoms with Crippen LogP contribution < -0.4 is 5.73 Å². The van der Waals surface area contributed by atoms with Gasteiger partial charge in [-0.25, -0.2) is 4.99 Å². The van der Waals surface area contributed by atoms with Gasteiger partial charge in [-0.1, -0.05) is 25.3 Å². The third-order valence-corrected chi connectivity index (χ3v) is 4.83. The molecule has 0 aliphatic heterocycles. The van der Waals surface area contributed by atoms with Crippen molar-refractivity contribution in [2.45, 2.75) is 51.1 Å². The smallest absolute Gasteiger partial charge is 0.191 e. The van der Waals surface area contributed by atoms with E-state index < -0.39 is 0 Å². The summed E-state index contributed by atoms with van der Waals surface area (Å²) in [5.74, 6) is 0.683. The molecule has 1 saturated carbocycles. The molecule has 1 aromatic heterocycles. The van der Waals surface area contributed by atoms with Crippen LogP contribution in [0.1, 0.15) is 49.9 Å². The van der Waals surface area contributed by atoms with Gasteiger partial charge < -0.3 is 10.6 Å². The Morgan fingerprint density at radius 3 is 2.78 bits per heavy atom. The molecule has 2 rings (SSSR count). The van der Waals surface area contributed by atoms with E-state index >= 15 is 0 Å². The molecule has 4 heteroatoms. The van der Waals surface area contributed by atoms with Crippen LogP contribution in [-0.4, -0.2) is 23.9 Å². The summed E-state index contributed by atoms with van der Waals surface area (Å²) in [6, 6.07) is 4.98. The molecule has 1 aromatic rings. The fourth-order valence-electron chi connectivity index (χ4n) is 2.41. The van der Waals surface area contributed by atoms with Crippen molar-refractivity contribution < 1.29 is 0 Å². The van der Waals surface area contributed by atoms with Gasteiger partial charge in [0.2, 0.25) is 0 Å². The summed E-state index contributed by atoms with van der Waals surface area (Å²) < 4.78 is 0. The lowest BCUT2D eigenvalue weighted by Crippen LogP contribution is -2.37. The monoisotopic (exact) mass is 265 g/mol. The Morgan fingerprint density at radius 2 is 2.17 bits per heavy atom. The van der Waals surface area contributed by atoms with E-state index in [0.29, 0.717) is 18.0 Å². The molecule has 0 saturated heterocycles. The average molecular weight is 265 g/mol. The lowest BCUT2D eigenvalue weighted by molar-refractivity contribution is 0.388. The quantitative estimate of drug-likeness (QED) is 0.672. The highest BCUT2D eigenvalue weighted by Crippen LogP contribution is 2.24. The molecule has 0 aromatic carbocycles. The highest BCUT2D eigenvalue weighted by Gasteiger charge is 2.17. The first kappa shape index (κ1) is 13.4. The number of hydrogen-bond acceptors (Lipinski definition) is 2. The molecule has 0 radical (unpaired) electrons. The second-order valence-electron chi connectivity index (χ2n) is 5.08. The van der Waals surface area contributed by atoms with Gasteiger partial charge in [0.25, 0.3) is 0 Å². The number of hydrogen-bond donors (Lipinski definition) is 1. The molecule has 1 aliphatic carbocycles. The molecule has 0 spiro atoms. The zero-order valence-electron chi connectivity index (χ0n) is 11.3. The highest BCUT2D eigenvalue weighted by atomic mass is 32.1. The standard InChI is InChI=1S/C14H23N3S/c1-11(13-9-6-10-18-13)17(2)14(15)16-12-7-4-3-5-8-12/h6,9-12H,3-5,7-8H2,1-2H3,(H2,15,16). The van der Waals surface area contributed by atoms with Gasteiger partial charge in [0, 0.05) is 11.9 Å². The van der Waals surface area contributed by atoms with E-state index in [1.165, 1.54) is 37.0 Å². The van der Waals surface area contributed by atoms with Crippen molar-refractivity contribution in [1.29, 1.82) is 0 Å². The highest BCUT2D eigenvalue weighted by molar-refractivity contribution is 7.10. The zero-order chi connectivity index (χ0) is 13.0. The van der Waals surface area contributed by atoms with Crippen LogP contribution >= 0.6 is 11.3 Å². The fourth-order valence-corrected chi connectivity index (χ4v) is 3.23. The zero-order valence-corrected chi connectivity index (χ0v) is 12.1. The van der Waals surface area contributed by atoms with Crippen LogP contribution in [0.3, 0.4) is 0 Å². The molecule has 0 amide bonds. The van der Waals surface area contributed by atoms with Gasteiger partial charge in [-0.3, -0.25) is 0 Å². The van der Waals surface area contributed by atoms with E-state index in [4.69, 9.17) is 10.7 Å². The molecule has 18 heavy (non-hydrogen) atoms. The predicted octanol–water partition coefficient (Wildman–Crippen LogP) is 3.39. The van der Waals surface area contributed by atoms with Crippen molar-refractivity contribution in [2.75, 3.05) is 7.05 Å². The van der Waals surface area contributed by atoms with Crippen molar-refractivity contribution in [1.82, 2.24) is 4.90 Å². The molecule has 1 atom stereocenters. The Bertz CT molecular complexity index is 380. The fraction of sp³-hybridized carbons (Fsp3) is 0.643. The Balaban J connectivity index is 1.98. The summed E-state index contributed by atoms with van der Waals surface area (Å²) in [6.07, 6.45) is 6.34. The Morgan fingerprint density at radius 1 is 1.44 bits per heavy atom. The number of rotatable bonds is 3. The number of nitrogens with two attached hydrogens (primary N) is 1. The molecular formula is C14H23N3S. The van der Waals surface area contributed by atoms with Crippen molar-refractivity contribution in [3.05, 3.63) is 22.4 Å². The second-order valence-corrected chi connectivity index (χ2v) is 6.06. The van der Waals surface area contributed by atoms with Crippen LogP contribution in [0.5, 0.6) is 0 Å². The van der Waals surface area contributed by atoms with Gasteiger partial charge in [0.05, 0.1) is 12.1 Å². The summed E-state index contributed by atoms with van der Waals surface area (Å²) in [6.45, 7) is 2.18. The summed E-state index contributed by atoms with van der Waals surface area (Å²) in [7, 11) is 2.03. The number of guanidine groups is 1. The normalized spacial score (nSPS) is 19.8. The SMILES string of the molecule is CC(c1cccs1)N(C)C(N)=NC1CCCCC1. The second kappa shape index (κ2) is 6.23. The van der Waals surface area contributed by atoms with E-state index in [0.717, 1.165) is 0 Å². The molecule has 1 fully saturated rings. The van der Waals surface area contributed by atoms with Crippen LogP contribution in [0.4, 0.5) is 0 Å². The van der Waals surface area contributed by atoms with Gasteiger partial charge in [-0.15, -0.1) is 11.3 Å². The van der Waals surface area contributed by atoms with Crippen molar-refractivity contribution in [3.63, 3.8) is 0 Å². The first-order chi connectivity index (χ1) is 8.68. The summed E-state index contributed by atoms with van der Waals surface area (Å²) in [4.78, 5) is 8.11. The molecule has 3 nitrogen and oxygen atoms in total. The Kier molecular flexibility index (Phi) is 4.64. The van der Waals surface area contributed by atoms with Gasteiger partial charge >= 0.3 is 0 Å². The van der Waals surface area contributed by atoms with Crippen LogP contribution in [0.25, 0.3) is 0 Å². The van der Waals surface area contributed by atoms with Crippen LogP contribution in [0.15, 0.2) is 22.5 Å². The first-order valence-corrected chi connectivity index (χ1v) is 7.66. The lowest BCUT2D eigenvalue weighted by atomic mass is 9.96. The van der Waals surface area contributed by atoms with Gasteiger partial charge in [0.15, 0.2) is 5.96 Å². The molecule has 1 heterocycles. The minimum absolute atomic E-state index is 0.303. The molecule has 1 unspecified atom stereocenters. The molecule has 100 valence electrons. The Labute approximate surface area is 114 Å². The number of aliphatic imine (C=N–C) groups is 1.